The fourth-order valence-corrected chi connectivity index (χ4v) is 3.75. The van der Waals surface area contributed by atoms with Crippen molar-refractivity contribution in [3.63, 3.8) is 0 Å². The smallest absolute Gasteiger partial charge is 0.303 e. The molecule has 3 heteroatoms. The van der Waals surface area contributed by atoms with Gasteiger partial charge in [0.2, 0.25) is 0 Å². The Morgan fingerprint density at radius 1 is 1.14 bits per heavy atom. The zero-order valence-corrected chi connectivity index (χ0v) is 13.0. The lowest BCUT2D eigenvalue weighted by atomic mass is 9.86. The van der Waals surface area contributed by atoms with E-state index >= 15 is 0 Å². The first kappa shape index (κ1) is 15.1. The monoisotopic (exact) mass is 300 g/mol. The number of carbonyl (C=O) groups is 1. The molecule has 2 aliphatic rings. The number of benzene rings is 1. The van der Waals surface area contributed by atoms with Gasteiger partial charge in [0.25, 0.3) is 0 Å². The average Bonchev–Trinajstić information content (AvgIpc) is 3.14. The molecule has 3 nitrogen and oxygen atoms in total. The van der Waals surface area contributed by atoms with E-state index < -0.39 is 5.97 Å². The molecule has 118 valence electrons. The Balaban J connectivity index is 1.50. The van der Waals surface area contributed by atoms with E-state index in [1.54, 1.807) is 0 Å². The minimum atomic E-state index is -0.755. The Kier molecular flexibility index (Phi) is 4.51. The molecule has 1 aromatic carbocycles. The third-order valence-electron chi connectivity index (χ3n) is 5.03. The average molecular weight is 300 g/mol. The maximum atomic E-state index is 10.6. The van der Waals surface area contributed by atoms with Crippen LogP contribution in [0.25, 0.3) is 0 Å². The highest BCUT2D eigenvalue weighted by Crippen LogP contribution is 2.48. The molecule has 0 bridgehead atoms. The molecule has 0 saturated heterocycles. The Morgan fingerprint density at radius 3 is 2.55 bits per heavy atom. The van der Waals surface area contributed by atoms with Gasteiger partial charge in [-0.25, -0.2) is 0 Å². The fourth-order valence-electron chi connectivity index (χ4n) is 3.75. The Hall–Kier alpha value is -1.77. The Labute approximate surface area is 132 Å². The number of carboxylic acid groups (broad SMARTS) is 1. The molecule has 2 aliphatic carbocycles. The van der Waals surface area contributed by atoms with E-state index in [-0.39, 0.29) is 6.42 Å². The zero-order chi connectivity index (χ0) is 15.4. The van der Waals surface area contributed by atoms with Crippen molar-refractivity contribution in [2.75, 3.05) is 6.61 Å². The second kappa shape index (κ2) is 6.55. The summed E-state index contributed by atoms with van der Waals surface area (Å²) >= 11 is 0. The molecule has 0 atom stereocenters. The van der Waals surface area contributed by atoms with Crippen molar-refractivity contribution in [3.05, 3.63) is 41.5 Å². The van der Waals surface area contributed by atoms with Crippen molar-refractivity contribution in [1.82, 2.24) is 0 Å². The highest BCUT2D eigenvalue weighted by Gasteiger charge is 2.35. The number of hydrogen-bond acceptors (Lipinski definition) is 2. The van der Waals surface area contributed by atoms with E-state index in [4.69, 9.17) is 9.84 Å². The van der Waals surface area contributed by atoms with Gasteiger partial charge in [-0.2, -0.15) is 0 Å². The minimum absolute atomic E-state index is 0.176. The van der Waals surface area contributed by atoms with E-state index in [2.05, 4.69) is 6.08 Å². The molecular weight excluding hydrogens is 276 g/mol. The van der Waals surface area contributed by atoms with Crippen LogP contribution in [0.3, 0.4) is 0 Å². The van der Waals surface area contributed by atoms with Crippen LogP contribution >= 0.6 is 0 Å². The van der Waals surface area contributed by atoms with Gasteiger partial charge >= 0.3 is 5.97 Å². The van der Waals surface area contributed by atoms with Crippen molar-refractivity contribution in [2.45, 2.75) is 51.4 Å². The van der Waals surface area contributed by atoms with Crippen LogP contribution in [0, 0.1) is 5.41 Å². The number of rotatable bonds is 6. The van der Waals surface area contributed by atoms with Crippen LogP contribution in [0.5, 0.6) is 5.75 Å². The summed E-state index contributed by atoms with van der Waals surface area (Å²) in [6, 6.07) is 7.80. The number of ether oxygens (including phenoxy) is 1. The lowest BCUT2D eigenvalue weighted by Gasteiger charge is -2.18. The number of carboxylic acids is 1. The van der Waals surface area contributed by atoms with Gasteiger partial charge < -0.3 is 9.84 Å². The van der Waals surface area contributed by atoms with Crippen LogP contribution < -0.4 is 4.74 Å². The van der Waals surface area contributed by atoms with E-state index in [9.17, 15) is 4.79 Å². The van der Waals surface area contributed by atoms with Gasteiger partial charge in [0.1, 0.15) is 12.4 Å². The summed E-state index contributed by atoms with van der Waals surface area (Å²) in [7, 11) is 0. The quantitative estimate of drug-likeness (QED) is 0.794. The van der Waals surface area contributed by atoms with Crippen molar-refractivity contribution >= 4 is 5.97 Å². The van der Waals surface area contributed by atoms with Crippen molar-refractivity contribution < 1.29 is 14.6 Å². The Morgan fingerprint density at radius 2 is 1.86 bits per heavy atom. The summed E-state index contributed by atoms with van der Waals surface area (Å²) in [5, 5.41) is 8.69. The first-order valence-corrected chi connectivity index (χ1v) is 8.29. The molecule has 1 aromatic rings. The van der Waals surface area contributed by atoms with Gasteiger partial charge in [-0.05, 0) is 60.8 Å². The summed E-state index contributed by atoms with van der Waals surface area (Å²) in [6.45, 7) is 0.691. The van der Waals surface area contributed by atoms with Crippen LogP contribution in [0.4, 0.5) is 0 Å². The summed E-state index contributed by atoms with van der Waals surface area (Å²) in [6.07, 6.45) is 11.2. The summed E-state index contributed by atoms with van der Waals surface area (Å²) < 4.78 is 5.89. The van der Waals surface area contributed by atoms with Gasteiger partial charge in [0.05, 0.1) is 0 Å². The molecule has 0 unspecified atom stereocenters. The predicted molar refractivity (Wildman–Crippen MR) is 86.1 cm³/mol. The molecule has 3 rings (SSSR count). The van der Waals surface area contributed by atoms with Gasteiger partial charge in [-0.3, -0.25) is 4.79 Å². The number of aryl methyl sites for hydroxylation is 1. The summed E-state index contributed by atoms with van der Waals surface area (Å²) in [5.74, 6) is 0.113. The van der Waals surface area contributed by atoms with Gasteiger partial charge in [-0.15, -0.1) is 0 Å². The van der Waals surface area contributed by atoms with Crippen LogP contribution in [-0.2, 0) is 11.2 Å². The Bertz CT molecular complexity index is 551. The van der Waals surface area contributed by atoms with E-state index in [0.29, 0.717) is 18.4 Å². The fraction of sp³-hybridized carbons (Fsp3) is 0.526. The molecule has 0 aliphatic heterocycles. The van der Waals surface area contributed by atoms with Crippen molar-refractivity contribution in [3.8, 4) is 5.75 Å². The van der Waals surface area contributed by atoms with Crippen LogP contribution in [-0.4, -0.2) is 17.7 Å². The molecule has 1 saturated carbocycles. The third-order valence-corrected chi connectivity index (χ3v) is 5.03. The van der Waals surface area contributed by atoms with Gasteiger partial charge in [0.15, 0.2) is 0 Å². The number of aliphatic carboxylic acids is 1. The van der Waals surface area contributed by atoms with Crippen molar-refractivity contribution in [2.24, 2.45) is 5.41 Å². The van der Waals surface area contributed by atoms with Gasteiger partial charge in [-0.1, -0.05) is 31.1 Å². The second-order valence-corrected chi connectivity index (χ2v) is 6.70. The molecular formula is C19H24O3. The van der Waals surface area contributed by atoms with Crippen LogP contribution in [0.2, 0.25) is 0 Å². The summed E-state index contributed by atoms with van der Waals surface area (Å²) in [5.41, 5.74) is 2.98. The van der Waals surface area contributed by atoms with E-state index in [1.165, 1.54) is 44.1 Å². The second-order valence-electron chi connectivity index (χ2n) is 6.70. The number of allylic oxidation sites excluding steroid dienone is 1. The van der Waals surface area contributed by atoms with Gasteiger partial charge in [0, 0.05) is 6.42 Å². The number of hydrogen-bond donors (Lipinski definition) is 1. The summed E-state index contributed by atoms with van der Waals surface area (Å²) in [4.78, 5) is 10.6. The first-order chi connectivity index (χ1) is 10.7. The molecule has 0 heterocycles. The van der Waals surface area contributed by atoms with Crippen molar-refractivity contribution in [1.29, 1.82) is 0 Å². The molecule has 0 amide bonds. The molecule has 1 N–H and O–H groups in total. The highest BCUT2D eigenvalue weighted by atomic mass is 16.5. The SMILES string of the molecule is O=C(O)CCc1ccc(OCC2=CC3(CCCC3)CC2)cc1. The zero-order valence-electron chi connectivity index (χ0n) is 13.0. The highest BCUT2D eigenvalue weighted by molar-refractivity contribution is 5.67. The lowest BCUT2D eigenvalue weighted by Crippen LogP contribution is -2.07. The lowest BCUT2D eigenvalue weighted by molar-refractivity contribution is -0.136. The topological polar surface area (TPSA) is 46.5 Å². The first-order valence-electron chi connectivity index (χ1n) is 8.29. The largest absolute Gasteiger partial charge is 0.489 e. The predicted octanol–water partition coefficient (Wildman–Crippen LogP) is 4.36. The van der Waals surface area contributed by atoms with Crippen LogP contribution in [0.1, 0.15) is 50.5 Å². The molecule has 1 fully saturated rings. The minimum Gasteiger partial charge on any atom is -0.489 e. The molecule has 0 radical (unpaired) electrons. The molecule has 0 aromatic heterocycles. The normalized spacial score (nSPS) is 19.4. The van der Waals surface area contributed by atoms with E-state index in [0.717, 1.165) is 11.3 Å². The standard InChI is InChI=1S/C19H24O3/c20-18(21)8-5-15-3-6-17(7-4-15)22-14-16-9-12-19(13-16)10-1-2-11-19/h3-4,6-7,13H,1-2,5,8-12,14H2,(H,20,21). The van der Waals surface area contributed by atoms with E-state index in [1.807, 2.05) is 24.3 Å². The molecule has 22 heavy (non-hydrogen) atoms. The maximum Gasteiger partial charge on any atom is 0.303 e. The molecule has 1 spiro atoms. The third kappa shape index (κ3) is 3.70. The maximum absolute atomic E-state index is 10.6. The van der Waals surface area contributed by atoms with Crippen LogP contribution in [0.15, 0.2) is 35.9 Å².